The molecule has 2 aromatic rings. The fraction of sp³-hybridized carbons (Fsp3) is 0.467. The van der Waals surface area contributed by atoms with Crippen LogP contribution in [0, 0.1) is 13.8 Å². The summed E-state index contributed by atoms with van der Waals surface area (Å²) in [4.78, 5) is 4.17. The van der Waals surface area contributed by atoms with Gasteiger partial charge in [0.15, 0.2) is 0 Å². The maximum absolute atomic E-state index is 12.9. The molecule has 130 valence electrons. The second-order valence-electron chi connectivity index (χ2n) is 5.81. The molecule has 1 saturated heterocycles. The molecule has 1 fully saturated rings. The maximum Gasteiger partial charge on any atom is 0.246 e. The minimum absolute atomic E-state index is 0.249. The molecule has 9 heteroatoms. The number of ether oxygens (including phenoxy) is 1. The third-order valence-corrected chi connectivity index (χ3v) is 6.44. The van der Waals surface area contributed by atoms with Gasteiger partial charge in [-0.1, -0.05) is 11.6 Å². The summed E-state index contributed by atoms with van der Waals surface area (Å²) in [6, 6.07) is 1.68. The fourth-order valence-electron chi connectivity index (χ4n) is 2.91. The Kier molecular flexibility index (Phi) is 4.80. The molecular weight excluding hydrogens is 352 g/mol. The van der Waals surface area contributed by atoms with Crippen LogP contribution in [0.1, 0.15) is 24.2 Å². The third kappa shape index (κ3) is 3.26. The third-order valence-electron chi connectivity index (χ3n) is 4.03. The number of rotatable bonds is 4. The van der Waals surface area contributed by atoms with E-state index in [1.165, 1.54) is 10.5 Å². The molecule has 0 amide bonds. The molecule has 1 N–H and O–H groups in total. The number of aryl methyl sites for hydroxylation is 2. The summed E-state index contributed by atoms with van der Waals surface area (Å²) in [6.45, 7) is 4.15. The highest BCUT2D eigenvalue weighted by Gasteiger charge is 2.34. The smallest absolute Gasteiger partial charge is 0.246 e. The Morgan fingerprint density at radius 3 is 2.88 bits per heavy atom. The van der Waals surface area contributed by atoms with Gasteiger partial charge in [-0.05, 0) is 26.7 Å². The van der Waals surface area contributed by atoms with E-state index in [-0.39, 0.29) is 17.5 Å². The largest absolute Gasteiger partial charge is 0.487 e. The van der Waals surface area contributed by atoms with E-state index < -0.39 is 10.0 Å². The summed E-state index contributed by atoms with van der Waals surface area (Å²) in [7, 11) is -3.60. The first kappa shape index (κ1) is 17.2. The lowest BCUT2D eigenvalue weighted by atomic mass is 10.1. The number of nitrogens with zero attached hydrogens (tertiary/aromatic N) is 3. The molecule has 0 aromatic carbocycles. The van der Waals surface area contributed by atoms with E-state index in [1.807, 2.05) is 0 Å². The van der Waals surface area contributed by atoms with Crippen molar-refractivity contribution in [3.8, 4) is 5.75 Å². The first-order valence-electron chi connectivity index (χ1n) is 7.67. The van der Waals surface area contributed by atoms with E-state index in [0.717, 1.165) is 12.8 Å². The van der Waals surface area contributed by atoms with Crippen molar-refractivity contribution in [2.75, 3.05) is 13.1 Å². The van der Waals surface area contributed by atoms with Gasteiger partial charge in [-0.3, -0.25) is 10.1 Å². The highest BCUT2D eigenvalue weighted by molar-refractivity contribution is 7.89. The van der Waals surface area contributed by atoms with E-state index in [1.54, 1.807) is 26.1 Å². The number of aromatic amines is 1. The van der Waals surface area contributed by atoms with Crippen LogP contribution in [0.2, 0.25) is 5.02 Å². The van der Waals surface area contributed by atoms with Crippen LogP contribution in [0.4, 0.5) is 0 Å². The molecule has 1 atom stereocenters. The van der Waals surface area contributed by atoms with Crippen molar-refractivity contribution in [3.63, 3.8) is 0 Å². The molecule has 1 aliphatic rings. The van der Waals surface area contributed by atoms with Crippen LogP contribution in [0.5, 0.6) is 5.75 Å². The van der Waals surface area contributed by atoms with E-state index in [9.17, 15) is 8.42 Å². The zero-order chi connectivity index (χ0) is 17.3. The zero-order valence-corrected chi connectivity index (χ0v) is 15.1. The van der Waals surface area contributed by atoms with Crippen LogP contribution in [-0.4, -0.2) is 47.1 Å². The summed E-state index contributed by atoms with van der Waals surface area (Å²) in [5.74, 6) is 0.520. The van der Waals surface area contributed by atoms with Gasteiger partial charge in [0.25, 0.3) is 0 Å². The van der Waals surface area contributed by atoms with Crippen molar-refractivity contribution in [1.82, 2.24) is 19.5 Å². The highest BCUT2D eigenvalue weighted by Crippen LogP contribution is 2.28. The Morgan fingerprint density at radius 2 is 2.21 bits per heavy atom. The average molecular weight is 371 g/mol. The highest BCUT2D eigenvalue weighted by atomic mass is 35.5. The second-order valence-corrected chi connectivity index (χ2v) is 8.10. The van der Waals surface area contributed by atoms with E-state index in [0.29, 0.717) is 28.7 Å². The minimum atomic E-state index is -3.60. The molecule has 24 heavy (non-hydrogen) atoms. The number of aromatic nitrogens is 3. The number of H-pyrrole nitrogens is 1. The van der Waals surface area contributed by atoms with Gasteiger partial charge in [0.05, 0.1) is 17.9 Å². The van der Waals surface area contributed by atoms with Crippen LogP contribution in [0.3, 0.4) is 0 Å². The lowest BCUT2D eigenvalue weighted by Crippen LogP contribution is -2.44. The molecule has 0 aliphatic carbocycles. The maximum atomic E-state index is 12.9. The summed E-state index contributed by atoms with van der Waals surface area (Å²) in [5.41, 5.74) is 1.03. The number of sulfonamides is 1. The molecule has 1 unspecified atom stereocenters. The van der Waals surface area contributed by atoms with Gasteiger partial charge in [-0.15, -0.1) is 0 Å². The Morgan fingerprint density at radius 1 is 1.42 bits per heavy atom. The fourth-order valence-corrected chi connectivity index (χ4v) is 4.91. The molecule has 0 radical (unpaired) electrons. The molecule has 3 rings (SSSR count). The van der Waals surface area contributed by atoms with Crippen molar-refractivity contribution in [1.29, 1.82) is 0 Å². The number of hydrogen-bond donors (Lipinski definition) is 1. The Labute approximate surface area is 146 Å². The number of hydrogen-bond acceptors (Lipinski definition) is 5. The number of halogens is 1. The molecule has 2 aromatic heterocycles. The van der Waals surface area contributed by atoms with E-state index in [2.05, 4.69) is 15.2 Å². The lowest BCUT2D eigenvalue weighted by molar-refractivity contribution is 0.129. The molecule has 0 saturated carbocycles. The average Bonchev–Trinajstić information content (AvgIpc) is 2.89. The molecular formula is C15H19ClN4O3S. The van der Waals surface area contributed by atoms with Crippen molar-refractivity contribution in [3.05, 3.63) is 34.9 Å². The zero-order valence-electron chi connectivity index (χ0n) is 13.5. The molecule has 7 nitrogen and oxygen atoms in total. The summed E-state index contributed by atoms with van der Waals surface area (Å²) in [6.07, 6.45) is 4.35. The van der Waals surface area contributed by atoms with Gasteiger partial charge in [-0.2, -0.15) is 9.40 Å². The summed E-state index contributed by atoms with van der Waals surface area (Å²) < 4.78 is 33.2. The first-order valence-corrected chi connectivity index (χ1v) is 9.49. The van der Waals surface area contributed by atoms with Gasteiger partial charge in [0.1, 0.15) is 21.8 Å². The molecule has 0 bridgehead atoms. The standard InChI is InChI=1S/C15H19ClN4O3S/c1-10-15(11(2)19-18-10)24(21,22)20-7-3-4-12(9-20)23-14-5-6-17-8-13(14)16/h5-6,8,12H,3-4,7,9H2,1-2H3,(H,18,19). The summed E-state index contributed by atoms with van der Waals surface area (Å²) >= 11 is 6.06. The van der Waals surface area contributed by atoms with E-state index >= 15 is 0 Å². The van der Waals surface area contributed by atoms with Crippen LogP contribution in [0.15, 0.2) is 23.4 Å². The SMILES string of the molecule is Cc1n[nH]c(C)c1S(=O)(=O)N1CCCC(Oc2ccncc2Cl)C1. The van der Waals surface area contributed by atoms with Gasteiger partial charge in [0, 0.05) is 25.0 Å². The molecule has 1 aliphatic heterocycles. The van der Waals surface area contributed by atoms with Crippen LogP contribution >= 0.6 is 11.6 Å². The monoisotopic (exact) mass is 370 g/mol. The minimum Gasteiger partial charge on any atom is -0.487 e. The topological polar surface area (TPSA) is 88.2 Å². The predicted octanol–water partition coefficient (Wildman–Crippen LogP) is 2.31. The lowest BCUT2D eigenvalue weighted by Gasteiger charge is -2.32. The van der Waals surface area contributed by atoms with Gasteiger partial charge in [0.2, 0.25) is 10.0 Å². The molecule has 0 spiro atoms. The van der Waals surface area contributed by atoms with Crippen LogP contribution < -0.4 is 4.74 Å². The predicted molar refractivity (Wildman–Crippen MR) is 89.7 cm³/mol. The first-order chi connectivity index (χ1) is 11.4. The van der Waals surface area contributed by atoms with Crippen LogP contribution in [0.25, 0.3) is 0 Å². The quantitative estimate of drug-likeness (QED) is 0.892. The number of nitrogens with one attached hydrogen (secondary N) is 1. The molecule has 3 heterocycles. The second kappa shape index (κ2) is 6.70. The van der Waals surface area contributed by atoms with Gasteiger partial charge in [-0.25, -0.2) is 8.42 Å². The van der Waals surface area contributed by atoms with Crippen molar-refractivity contribution in [2.45, 2.75) is 37.7 Å². The van der Waals surface area contributed by atoms with Crippen molar-refractivity contribution < 1.29 is 13.2 Å². The Hall–Kier alpha value is -1.64. The number of pyridine rings is 1. The Bertz CT molecular complexity index is 817. The van der Waals surface area contributed by atoms with Crippen LogP contribution in [-0.2, 0) is 10.0 Å². The number of piperidine rings is 1. The van der Waals surface area contributed by atoms with Gasteiger partial charge < -0.3 is 4.74 Å². The summed E-state index contributed by atoms with van der Waals surface area (Å²) in [5, 5.41) is 7.13. The van der Waals surface area contributed by atoms with Crippen molar-refractivity contribution >= 4 is 21.6 Å². The van der Waals surface area contributed by atoms with Gasteiger partial charge >= 0.3 is 0 Å². The van der Waals surface area contributed by atoms with Crippen molar-refractivity contribution in [2.24, 2.45) is 0 Å². The van der Waals surface area contributed by atoms with E-state index in [4.69, 9.17) is 16.3 Å². The Balaban J connectivity index is 1.80. The normalized spacial score (nSPS) is 19.4.